The fourth-order valence-corrected chi connectivity index (χ4v) is 2.60. The van der Waals surface area contributed by atoms with Crippen molar-refractivity contribution in [2.45, 2.75) is 52.5 Å². The lowest BCUT2D eigenvalue weighted by Crippen LogP contribution is -2.50. The van der Waals surface area contributed by atoms with Gasteiger partial charge in [-0.2, -0.15) is 0 Å². The Hall–Kier alpha value is -1.10. The van der Waals surface area contributed by atoms with Crippen LogP contribution < -0.4 is 5.32 Å². The number of hydrogen-bond donors (Lipinski definition) is 2. The second kappa shape index (κ2) is 6.89. The number of rotatable bonds is 6. The summed E-state index contributed by atoms with van der Waals surface area (Å²) in [6.45, 7) is 7.51. The minimum absolute atomic E-state index is 0.00774. The molecule has 110 valence electrons. The highest BCUT2D eigenvalue weighted by Crippen LogP contribution is 2.33. The number of nitrogens with zero attached hydrogens (tertiary/aromatic N) is 1. The van der Waals surface area contributed by atoms with E-state index in [1.165, 1.54) is 0 Å². The van der Waals surface area contributed by atoms with Crippen LogP contribution in [0.15, 0.2) is 0 Å². The van der Waals surface area contributed by atoms with Crippen LogP contribution in [0.1, 0.15) is 46.5 Å². The first-order chi connectivity index (χ1) is 8.93. The molecule has 1 aliphatic rings. The molecule has 1 rings (SSSR count). The SMILES string of the molecule is CCC(C)NC(=O)CN1CCCC(CC)(C(=O)O)C1. The summed E-state index contributed by atoms with van der Waals surface area (Å²) in [5.74, 6) is -0.742. The number of nitrogens with one attached hydrogen (secondary N) is 1. The lowest BCUT2D eigenvalue weighted by atomic mass is 9.77. The van der Waals surface area contributed by atoms with Crippen molar-refractivity contribution in [1.82, 2.24) is 10.2 Å². The maximum Gasteiger partial charge on any atom is 0.310 e. The van der Waals surface area contributed by atoms with Crippen molar-refractivity contribution in [2.24, 2.45) is 5.41 Å². The summed E-state index contributed by atoms with van der Waals surface area (Å²) in [4.78, 5) is 25.3. The van der Waals surface area contributed by atoms with Crippen molar-refractivity contribution < 1.29 is 14.7 Å². The molecule has 1 heterocycles. The standard InChI is InChI=1S/C14H26N2O3/c1-4-11(3)15-12(17)9-16-8-6-7-14(5-2,10-16)13(18)19/h11H,4-10H2,1-3H3,(H,15,17)(H,18,19). The van der Waals surface area contributed by atoms with Gasteiger partial charge in [-0.3, -0.25) is 14.5 Å². The van der Waals surface area contributed by atoms with Crippen LogP contribution in [0, 0.1) is 5.41 Å². The number of carbonyl (C=O) groups is 2. The van der Waals surface area contributed by atoms with E-state index in [0.717, 1.165) is 19.4 Å². The van der Waals surface area contributed by atoms with E-state index in [0.29, 0.717) is 25.9 Å². The van der Waals surface area contributed by atoms with Crippen molar-refractivity contribution in [1.29, 1.82) is 0 Å². The summed E-state index contributed by atoms with van der Waals surface area (Å²) in [5.41, 5.74) is -0.672. The number of aliphatic carboxylic acids is 1. The number of amides is 1. The molecule has 1 amide bonds. The van der Waals surface area contributed by atoms with Gasteiger partial charge >= 0.3 is 5.97 Å². The lowest BCUT2D eigenvalue weighted by molar-refractivity contribution is -0.153. The number of hydrogen-bond acceptors (Lipinski definition) is 3. The van der Waals surface area contributed by atoms with Crippen LogP contribution in [0.2, 0.25) is 0 Å². The highest BCUT2D eigenvalue weighted by Gasteiger charge is 2.41. The maximum absolute atomic E-state index is 11.8. The van der Waals surface area contributed by atoms with Crippen molar-refractivity contribution in [3.05, 3.63) is 0 Å². The molecule has 2 unspecified atom stereocenters. The molecule has 1 fully saturated rings. The van der Waals surface area contributed by atoms with Crippen LogP contribution in [-0.2, 0) is 9.59 Å². The van der Waals surface area contributed by atoms with Gasteiger partial charge in [0.1, 0.15) is 0 Å². The Labute approximate surface area is 115 Å². The summed E-state index contributed by atoms with van der Waals surface area (Å²) in [7, 11) is 0. The third kappa shape index (κ3) is 4.20. The molecule has 0 spiro atoms. The number of carboxylic acid groups (broad SMARTS) is 1. The Kier molecular flexibility index (Phi) is 5.79. The molecule has 0 saturated carbocycles. The molecule has 0 aromatic heterocycles. The van der Waals surface area contributed by atoms with Crippen LogP contribution in [0.5, 0.6) is 0 Å². The Balaban J connectivity index is 2.55. The van der Waals surface area contributed by atoms with Crippen LogP contribution in [0.3, 0.4) is 0 Å². The molecular weight excluding hydrogens is 244 g/mol. The minimum Gasteiger partial charge on any atom is -0.481 e. The fraction of sp³-hybridized carbons (Fsp3) is 0.857. The summed E-state index contributed by atoms with van der Waals surface area (Å²) >= 11 is 0. The van der Waals surface area contributed by atoms with Crippen LogP contribution >= 0.6 is 0 Å². The van der Waals surface area contributed by atoms with E-state index >= 15 is 0 Å². The molecule has 5 heteroatoms. The Morgan fingerprint density at radius 3 is 2.63 bits per heavy atom. The van der Waals surface area contributed by atoms with E-state index in [2.05, 4.69) is 5.32 Å². The number of piperidine rings is 1. The second-order valence-electron chi connectivity index (χ2n) is 5.63. The maximum atomic E-state index is 11.8. The largest absolute Gasteiger partial charge is 0.481 e. The van der Waals surface area contributed by atoms with Gasteiger partial charge in [0.05, 0.1) is 12.0 Å². The summed E-state index contributed by atoms with van der Waals surface area (Å²) in [6.07, 6.45) is 3.07. The second-order valence-corrected chi connectivity index (χ2v) is 5.63. The van der Waals surface area contributed by atoms with E-state index in [1.807, 2.05) is 25.7 Å². The molecule has 0 radical (unpaired) electrons. The molecular formula is C14H26N2O3. The van der Waals surface area contributed by atoms with E-state index in [4.69, 9.17) is 0 Å². The lowest BCUT2D eigenvalue weighted by Gasteiger charge is -2.39. The van der Waals surface area contributed by atoms with E-state index in [1.54, 1.807) is 0 Å². The average Bonchev–Trinajstić information content (AvgIpc) is 2.38. The normalized spacial score (nSPS) is 25.8. The molecule has 19 heavy (non-hydrogen) atoms. The van der Waals surface area contributed by atoms with Gasteiger partial charge in [-0.25, -0.2) is 0 Å². The van der Waals surface area contributed by atoms with Crippen LogP contribution in [-0.4, -0.2) is 47.6 Å². The highest BCUT2D eigenvalue weighted by atomic mass is 16.4. The Morgan fingerprint density at radius 2 is 2.11 bits per heavy atom. The van der Waals surface area contributed by atoms with E-state index in [-0.39, 0.29) is 11.9 Å². The third-order valence-corrected chi connectivity index (χ3v) is 4.17. The molecule has 0 aliphatic carbocycles. The number of carbonyl (C=O) groups excluding carboxylic acids is 1. The molecule has 1 saturated heterocycles. The zero-order valence-electron chi connectivity index (χ0n) is 12.2. The van der Waals surface area contributed by atoms with Crippen molar-refractivity contribution in [3.8, 4) is 0 Å². The molecule has 2 N–H and O–H groups in total. The monoisotopic (exact) mass is 270 g/mol. The molecule has 1 aliphatic heterocycles. The first kappa shape index (κ1) is 16.0. The predicted octanol–water partition coefficient (Wildman–Crippen LogP) is 1.48. The predicted molar refractivity (Wildman–Crippen MR) is 73.9 cm³/mol. The Morgan fingerprint density at radius 1 is 1.42 bits per heavy atom. The molecule has 0 bridgehead atoms. The zero-order chi connectivity index (χ0) is 14.5. The third-order valence-electron chi connectivity index (χ3n) is 4.17. The summed E-state index contributed by atoms with van der Waals surface area (Å²) < 4.78 is 0. The molecule has 0 aromatic carbocycles. The number of carboxylic acids is 1. The molecule has 2 atom stereocenters. The van der Waals surface area contributed by atoms with Crippen molar-refractivity contribution >= 4 is 11.9 Å². The first-order valence-electron chi connectivity index (χ1n) is 7.18. The summed E-state index contributed by atoms with van der Waals surface area (Å²) in [5, 5.41) is 12.3. The highest BCUT2D eigenvalue weighted by molar-refractivity contribution is 5.79. The first-order valence-corrected chi connectivity index (χ1v) is 7.18. The van der Waals surface area contributed by atoms with E-state index in [9.17, 15) is 14.7 Å². The van der Waals surface area contributed by atoms with Gasteiger partial charge in [0.25, 0.3) is 0 Å². The topological polar surface area (TPSA) is 69.6 Å². The van der Waals surface area contributed by atoms with Crippen molar-refractivity contribution in [3.63, 3.8) is 0 Å². The molecule has 0 aromatic rings. The van der Waals surface area contributed by atoms with Gasteiger partial charge in [0.2, 0.25) is 5.91 Å². The van der Waals surface area contributed by atoms with Crippen molar-refractivity contribution in [2.75, 3.05) is 19.6 Å². The van der Waals surface area contributed by atoms with Gasteiger partial charge in [0, 0.05) is 12.6 Å². The number of likely N-dealkylation sites (tertiary alicyclic amines) is 1. The minimum atomic E-state index is -0.734. The average molecular weight is 270 g/mol. The van der Waals surface area contributed by atoms with Gasteiger partial charge in [0.15, 0.2) is 0 Å². The van der Waals surface area contributed by atoms with Crippen LogP contribution in [0.25, 0.3) is 0 Å². The van der Waals surface area contributed by atoms with Gasteiger partial charge in [-0.15, -0.1) is 0 Å². The van der Waals surface area contributed by atoms with E-state index < -0.39 is 11.4 Å². The zero-order valence-corrected chi connectivity index (χ0v) is 12.2. The fourth-order valence-electron chi connectivity index (χ4n) is 2.60. The smallest absolute Gasteiger partial charge is 0.310 e. The van der Waals surface area contributed by atoms with Gasteiger partial charge in [-0.1, -0.05) is 13.8 Å². The quantitative estimate of drug-likeness (QED) is 0.767. The van der Waals surface area contributed by atoms with Crippen LogP contribution in [0.4, 0.5) is 0 Å². The summed E-state index contributed by atoms with van der Waals surface area (Å²) in [6, 6.07) is 0.174. The van der Waals surface area contributed by atoms with Gasteiger partial charge in [-0.05, 0) is 39.2 Å². The van der Waals surface area contributed by atoms with Gasteiger partial charge < -0.3 is 10.4 Å². The molecule has 5 nitrogen and oxygen atoms in total. The Bertz CT molecular complexity index is 333.